The van der Waals surface area contributed by atoms with E-state index in [4.69, 9.17) is 14.6 Å². The number of ether oxygens (including phenoxy) is 2. The molecule has 2 fully saturated rings. The van der Waals surface area contributed by atoms with Gasteiger partial charge >= 0.3 is 0 Å². The summed E-state index contributed by atoms with van der Waals surface area (Å²) in [5.74, 6) is -0.321. The van der Waals surface area contributed by atoms with Crippen LogP contribution in [0.15, 0.2) is 0 Å². The summed E-state index contributed by atoms with van der Waals surface area (Å²) in [6, 6.07) is -0.823. The predicted molar refractivity (Wildman–Crippen MR) is 68.6 cm³/mol. The summed E-state index contributed by atoms with van der Waals surface area (Å²) >= 11 is 0. The van der Waals surface area contributed by atoms with Crippen molar-refractivity contribution in [3.63, 3.8) is 0 Å². The van der Waals surface area contributed by atoms with Crippen LogP contribution < -0.4 is 5.32 Å². The Bertz CT molecular complexity index is 368. The van der Waals surface area contributed by atoms with Gasteiger partial charge in [-0.25, -0.2) is 0 Å². The molecule has 2 aliphatic rings. The summed E-state index contributed by atoms with van der Waals surface area (Å²) in [7, 11) is 0. The lowest BCUT2D eigenvalue weighted by atomic mass is 9.87. The van der Waals surface area contributed by atoms with E-state index < -0.39 is 43.4 Å². The molecule has 0 unspecified atom stereocenters. The molecule has 0 radical (unpaired) electrons. The first-order chi connectivity index (χ1) is 9.23. The Morgan fingerprint density at radius 1 is 1.20 bits per heavy atom. The van der Waals surface area contributed by atoms with Crippen LogP contribution in [0.4, 0.5) is 0 Å². The lowest BCUT2D eigenvalue weighted by molar-refractivity contribution is -0.292. The van der Waals surface area contributed by atoms with Crippen LogP contribution in [0.1, 0.15) is 27.2 Å². The standard InChI is InChI=1S/C13H23NO6/c1-13(2,3)4-6-11(18)14-8-10(17)9(16)7(5-15)20-12(8)19-6/h6-10,12,15-17H,4-5H2,1-3H3,(H,14,18)/t6-,7+,8+,9-,10+,12+/m0/s1. The highest BCUT2D eigenvalue weighted by molar-refractivity contribution is 5.82. The van der Waals surface area contributed by atoms with Gasteiger partial charge in [0.25, 0.3) is 0 Å². The number of aliphatic hydroxyl groups excluding tert-OH is 3. The Balaban J connectivity index is 2.09. The maximum absolute atomic E-state index is 12.0. The molecule has 2 rings (SSSR count). The van der Waals surface area contributed by atoms with Crippen LogP contribution in [-0.4, -0.2) is 64.6 Å². The molecule has 6 atom stereocenters. The van der Waals surface area contributed by atoms with Gasteiger partial charge in [-0.05, 0) is 11.8 Å². The highest BCUT2D eigenvalue weighted by atomic mass is 16.7. The van der Waals surface area contributed by atoms with Crippen molar-refractivity contribution >= 4 is 5.91 Å². The maximum Gasteiger partial charge on any atom is 0.249 e. The van der Waals surface area contributed by atoms with Crippen molar-refractivity contribution in [1.29, 1.82) is 0 Å². The normalized spacial score (nSPS) is 42.0. The third kappa shape index (κ3) is 3.12. The number of carbonyl (C=O) groups excluding carboxylic acids is 1. The number of hydrogen-bond donors (Lipinski definition) is 4. The topological polar surface area (TPSA) is 108 Å². The van der Waals surface area contributed by atoms with E-state index in [-0.39, 0.29) is 11.3 Å². The average Bonchev–Trinajstić information content (AvgIpc) is 2.34. The van der Waals surface area contributed by atoms with Crippen molar-refractivity contribution in [2.75, 3.05) is 6.61 Å². The highest BCUT2D eigenvalue weighted by Gasteiger charge is 2.50. The van der Waals surface area contributed by atoms with Gasteiger partial charge < -0.3 is 30.1 Å². The molecule has 0 aromatic carbocycles. The van der Waals surface area contributed by atoms with Gasteiger partial charge in [0, 0.05) is 0 Å². The summed E-state index contributed by atoms with van der Waals surface area (Å²) < 4.78 is 11.0. The Kier molecular flexibility index (Phi) is 4.36. The monoisotopic (exact) mass is 289 g/mol. The molecule has 0 aliphatic carbocycles. The summed E-state index contributed by atoms with van der Waals surface area (Å²) in [5.41, 5.74) is -0.0992. The number of nitrogens with one attached hydrogen (secondary N) is 1. The number of amides is 1. The second-order valence-corrected chi connectivity index (χ2v) is 6.63. The lowest BCUT2D eigenvalue weighted by Crippen LogP contribution is -2.69. The van der Waals surface area contributed by atoms with Crippen LogP contribution in [0.25, 0.3) is 0 Å². The second kappa shape index (κ2) is 5.57. The first-order valence-electron chi connectivity index (χ1n) is 6.81. The lowest BCUT2D eigenvalue weighted by Gasteiger charge is -2.46. The van der Waals surface area contributed by atoms with Crippen molar-refractivity contribution in [2.45, 2.75) is 63.9 Å². The third-order valence-electron chi connectivity index (χ3n) is 3.58. The summed E-state index contributed by atoms with van der Waals surface area (Å²) in [5, 5.41) is 31.5. The van der Waals surface area contributed by atoms with Crippen LogP contribution in [-0.2, 0) is 14.3 Å². The smallest absolute Gasteiger partial charge is 0.249 e. The summed E-state index contributed by atoms with van der Waals surface area (Å²) in [4.78, 5) is 12.0. The van der Waals surface area contributed by atoms with E-state index in [0.717, 1.165) is 0 Å². The number of aliphatic hydroxyl groups is 3. The van der Waals surface area contributed by atoms with Gasteiger partial charge in [-0.1, -0.05) is 20.8 Å². The van der Waals surface area contributed by atoms with Gasteiger partial charge in [-0.3, -0.25) is 4.79 Å². The minimum atomic E-state index is -1.26. The van der Waals surface area contributed by atoms with Crippen LogP contribution >= 0.6 is 0 Å². The Morgan fingerprint density at radius 3 is 2.40 bits per heavy atom. The molecule has 7 heteroatoms. The van der Waals surface area contributed by atoms with E-state index in [2.05, 4.69) is 5.32 Å². The molecule has 0 spiro atoms. The minimum Gasteiger partial charge on any atom is -0.394 e. The Hall–Kier alpha value is -0.730. The molecule has 7 nitrogen and oxygen atoms in total. The van der Waals surface area contributed by atoms with E-state index in [1.807, 2.05) is 20.8 Å². The van der Waals surface area contributed by atoms with E-state index in [1.165, 1.54) is 0 Å². The van der Waals surface area contributed by atoms with Crippen LogP contribution in [0.5, 0.6) is 0 Å². The molecule has 20 heavy (non-hydrogen) atoms. The molecule has 0 aromatic rings. The molecule has 4 N–H and O–H groups in total. The van der Waals surface area contributed by atoms with Gasteiger partial charge in [-0.15, -0.1) is 0 Å². The zero-order valence-corrected chi connectivity index (χ0v) is 11.9. The highest BCUT2D eigenvalue weighted by Crippen LogP contribution is 2.30. The number of rotatable bonds is 2. The molecule has 0 bridgehead atoms. The van der Waals surface area contributed by atoms with Gasteiger partial charge in [0.05, 0.1) is 6.61 Å². The van der Waals surface area contributed by atoms with Crippen LogP contribution in [0.3, 0.4) is 0 Å². The van der Waals surface area contributed by atoms with Crippen molar-refractivity contribution in [2.24, 2.45) is 5.41 Å². The number of carbonyl (C=O) groups is 1. The van der Waals surface area contributed by atoms with E-state index in [9.17, 15) is 15.0 Å². The third-order valence-corrected chi connectivity index (χ3v) is 3.58. The van der Waals surface area contributed by atoms with Crippen molar-refractivity contribution in [1.82, 2.24) is 5.32 Å². The minimum absolute atomic E-state index is 0.0992. The molecular weight excluding hydrogens is 266 g/mol. The van der Waals surface area contributed by atoms with Gasteiger partial charge in [0.1, 0.15) is 30.5 Å². The quantitative estimate of drug-likeness (QED) is 0.506. The Morgan fingerprint density at radius 2 is 1.85 bits per heavy atom. The van der Waals surface area contributed by atoms with Crippen molar-refractivity contribution in [3.8, 4) is 0 Å². The molecule has 0 saturated carbocycles. The van der Waals surface area contributed by atoms with Gasteiger partial charge in [-0.2, -0.15) is 0 Å². The van der Waals surface area contributed by atoms with E-state index >= 15 is 0 Å². The largest absolute Gasteiger partial charge is 0.394 e. The number of morpholine rings is 1. The maximum atomic E-state index is 12.0. The van der Waals surface area contributed by atoms with E-state index in [1.54, 1.807) is 0 Å². The molecule has 116 valence electrons. The van der Waals surface area contributed by atoms with E-state index in [0.29, 0.717) is 6.42 Å². The predicted octanol–water partition coefficient (Wildman–Crippen LogP) is -1.25. The fraction of sp³-hybridized carbons (Fsp3) is 0.923. The van der Waals surface area contributed by atoms with Crippen molar-refractivity contribution in [3.05, 3.63) is 0 Å². The molecule has 2 saturated heterocycles. The summed E-state index contributed by atoms with van der Waals surface area (Å²) in [6.45, 7) is 5.55. The average molecular weight is 289 g/mol. The second-order valence-electron chi connectivity index (χ2n) is 6.63. The molecule has 1 amide bonds. The molecular formula is C13H23NO6. The zero-order valence-electron chi connectivity index (χ0n) is 11.9. The SMILES string of the molecule is CC(C)(C)C[C@@H]1O[C@@H]2O[C@H](CO)[C@H](O)[C@H](O)[C@H]2NC1=O. The number of fused-ring (bicyclic) bond motifs is 1. The first-order valence-corrected chi connectivity index (χ1v) is 6.81. The fourth-order valence-electron chi connectivity index (χ4n) is 2.53. The number of hydrogen-bond acceptors (Lipinski definition) is 6. The Labute approximate surface area is 117 Å². The van der Waals surface area contributed by atoms with Crippen LogP contribution in [0.2, 0.25) is 0 Å². The first kappa shape index (κ1) is 15.7. The van der Waals surface area contributed by atoms with Gasteiger partial charge in [0.2, 0.25) is 5.91 Å². The molecule has 2 heterocycles. The van der Waals surface area contributed by atoms with Crippen LogP contribution in [0, 0.1) is 5.41 Å². The fourth-order valence-corrected chi connectivity index (χ4v) is 2.53. The molecule has 0 aromatic heterocycles. The van der Waals surface area contributed by atoms with Crippen molar-refractivity contribution < 1.29 is 29.6 Å². The molecule has 2 aliphatic heterocycles. The van der Waals surface area contributed by atoms with Gasteiger partial charge in [0.15, 0.2) is 6.29 Å². The summed E-state index contributed by atoms with van der Waals surface area (Å²) in [6.07, 6.45) is -4.44. The zero-order chi connectivity index (χ0) is 15.1.